The van der Waals surface area contributed by atoms with Crippen LogP contribution < -0.4 is 25.3 Å². The molecule has 3 aromatic rings. The minimum absolute atomic E-state index is 0.0868. The summed E-state index contributed by atoms with van der Waals surface area (Å²) in [6.07, 6.45) is 4.51. The summed E-state index contributed by atoms with van der Waals surface area (Å²) in [5.74, 6) is -0.843. The first-order valence-corrected chi connectivity index (χ1v) is 13.4. The number of carboxylic acid groups (broad SMARTS) is 1. The zero-order chi connectivity index (χ0) is 27.0. The number of hydrogen-bond donors (Lipinski definition) is 3. The smallest absolute Gasteiger partial charge is 0.323 e. The van der Waals surface area contributed by atoms with Gasteiger partial charge in [0.15, 0.2) is 0 Å². The first-order chi connectivity index (χ1) is 19.0. The summed E-state index contributed by atoms with van der Waals surface area (Å²) in [6, 6.07) is 17.3. The molecule has 0 spiro atoms. The Kier molecular flexibility index (Phi) is 8.69. The number of fused-ring (bicyclic) bond motifs is 1. The number of rotatable bonds is 10. The number of hydrogen-bond acceptors (Lipinski definition) is 8. The Labute approximate surface area is 227 Å². The van der Waals surface area contributed by atoms with Crippen molar-refractivity contribution in [3.8, 4) is 0 Å². The predicted octanol–water partition coefficient (Wildman–Crippen LogP) is 1.37. The number of amides is 1. The molecule has 1 fully saturated rings. The van der Waals surface area contributed by atoms with E-state index in [9.17, 15) is 14.7 Å². The number of carboxylic acids is 1. The van der Waals surface area contributed by atoms with Crippen LogP contribution in [0.1, 0.15) is 24.0 Å². The van der Waals surface area contributed by atoms with Gasteiger partial charge in [-0.1, -0.05) is 48.5 Å². The lowest BCUT2D eigenvalue weighted by atomic mass is 10.0. The van der Waals surface area contributed by atoms with E-state index in [1.807, 2.05) is 64.5 Å². The molecule has 1 saturated heterocycles. The van der Waals surface area contributed by atoms with Gasteiger partial charge in [0.1, 0.15) is 6.54 Å². The summed E-state index contributed by atoms with van der Waals surface area (Å²) in [4.78, 5) is 28.7. The average molecular weight is 536 g/mol. The van der Waals surface area contributed by atoms with E-state index in [0.717, 1.165) is 29.7 Å². The number of ether oxygens (including phenoxy) is 1. The number of nitrogens with one attached hydrogen (secondary N) is 2. The number of aryl methyl sites for hydroxylation is 2. The molecule has 39 heavy (non-hydrogen) atoms. The van der Waals surface area contributed by atoms with Crippen molar-refractivity contribution in [1.82, 2.24) is 10.6 Å². The number of morpholine rings is 1. The van der Waals surface area contributed by atoms with Crippen molar-refractivity contribution in [2.45, 2.75) is 37.8 Å². The number of aliphatic carboxylic acids is 1. The Morgan fingerprint density at radius 2 is 1.87 bits per heavy atom. The molecular formula is C28H35N6O5+. The summed E-state index contributed by atoms with van der Waals surface area (Å²) in [6.45, 7) is 2.97. The lowest BCUT2D eigenvalue weighted by Gasteiger charge is -2.29. The van der Waals surface area contributed by atoms with Gasteiger partial charge in [0.25, 0.3) is 6.20 Å². The Hall–Kier alpha value is -3.96. The average Bonchev–Trinajstić information content (AvgIpc) is 3.35. The molecule has 3 heterocycles. The van der Waals surface area contributed by atoms with Crippen molar-refractivity contribution in [2.24, 2.45) is 0 Å². The molecule has 2 aliphatic rings. The van der Waals surface area contributed by atoms with Gasteiger partial charge in [-0.15, -0.1) is 5.01 Å². The summed E-state index contributed by atoms with van der Waals surface area (Å²) in [5.41, 5.74) is 3.19. The SMILES string of the molecule is O=C(O)CN1C[C@@H](N[C@@H](CCc2ccccc2)C(=O)Nc2c[n+](N3CCOCC3)no2)CCc2ccccc21. The van der Waals surface area contributed by atoms with Crippen LogP contribution in [-0.4, -0.2) is 73.7 Å². The molecule has 2 aromatic carbocycles. The fourth-order valence-corrected chi connectivity index (χ4v) is 5.19. The van der Waals surface area contributed by atoms with E-state index in [2.05, 4.69) is 15.9 Å². The molecule has 2 atom stereocenters. The molecule has 11 heteroatoms. The molecule has 5 rings (SSSR count). The molecule has 0 aliphatic carbocycles. The van der Waals surface area contributed by atoms with E-state index < -0.39 is 12.0 Å². The molecule has 1 amide bonds. The molecule has 0 radical (unpaired) electrons. The van der Waals surface area contributed by atoms with Gasteiger partial charge in [0, 0.05) is 18.3 Å². The Bertz CT molecular complexity index is 1250. The van der Waals surface area contributed by atoms with Crippen molar-refractivity contribution in [2.75, 3.05) is 54.6 Å². The van der Waals surface area contributed by atoms with Crippen molar-refractivity contribution in [3.05, 3.63) is 71.9 Å². The number of carbonyl (C=O) groups is 2. The lowest BCUT2D eigenvalue weighted by molar-refractivity contribution is -0.759. The van der Waals surface area contributed by atoms with Crippen LogP contribution >= 0.6 is 0 Å². The number of anilines is 2. The number of aromatic nitrogens is 2. The maximum atomic E-state index is 13.5. The third-order valence-corrected chi connectivity index (χ3v) is 7.16. The molecule has 0 bridgehead atoms. The van der Waals surface area contributed by atoms with Crippen LogP contribution in [0.15, 0.2) is 65.3 Å². The van der Waals surface area contributed by atoms with Crippen molar-refractivity contribution in [1.29, 1.82) is 0 Å². The highest BCUT2D eigenvalue weighted by Crippen LogP contribution is 2.26. The fraction of sp³-hybridized carbons (Fsp3) is 0.429. The normalized spacial score (nSPS) is 18.2. The van der Waals surface area contributed by atoms with Crippen LogP contribution in [0.25, 0.3) is 0 Å². The Morgan fingerprint density at radius 1 is 1.10 bits per heavy atom. The first-order valence-electron chi connectivity index (χ1n) is 13.4. The summed E-state index contributed by atoms with van der Waals surface area (Å²) >= 11 is 0. The van der Waals surface area contributed by atoms with E-state index in [0.29, 0.717) is 45.7 Å². The number of benzene rings is 2. The quantitative estimate of drug-likeness (QED) is 0.330. The first kappa shape index (κ1) is 26.6. The zero-order valence-corrected chi connectivity index (χ0v) is 21.9. The van der Waals surface area contributed by atoms with Gasteiger partial charge in [-0.05, 0) is 42.9 Å². The van der Waals surface area contributed by atoms with Gasteiger partial charge in [-0.3, -0.25) is 19.4 Å². The topological polar surface area (TPSA) is 124 Å². The summed E-state index contributed by atoms with van der Waals surface area (Å²) < 4.78 is 10.8. The highest BCUT2D eigenvalue weighted by Gasteiger charge is 2.29. The minimum atomic E-state index is -0.886. The largest absolute Gasteiger partial charge is 0.480 e. The van der Waals surface area contributed by atoms with Gasteiger partial charge in [-0.2, -0.15) is 0 Å². The standard InChI is InChI=1S/C28H34N6O5/c35-27(36)20-32-18-23(12-11-22-8-4-5-9-25(22)32)29-24(13-10-21-6-2-1-3-7-21)28(37)30-26-19-34(31-39-26)33-14-16-38-17-15-33/h1-9,19,23-24,29H,10-18,20H2,(H-,30,31,35,36,37)/p+1/t23-,24-/m0/s1. The van der Waals surface area contributed by atoms with Gasteiger partial charge >= 0.3 is 11.9 Å². The minimum Gasteiger partial charge on any atom is -0.480 e. The van der Waals surface area contributed by atoms with E-state index in [1.165, 1.54) is 0 Å². The Balaban J connectivity index is 1.30. The lowest BCUT2D eigenvalue weighted by Crippen LogP contribution is -2.62. The Morgan fingerprint density at radius 3 is 2.67 bits per heavy atom. The van der Waals surface area contributed by atoms with Crippen LogP contribution in [0.5, 0.6) is 0 Å². The van der Waals surface area contributed by atoms with E-state index in [4.69, 9.17) is 9.26 Å². The van der Waals surface area contributed by atoms with Crippen molar-refractivity contribution >= 4 is 23.4 Å². The van der Waals surface area contributed by atoms with Gasteiger partial charge in [0.2, 0.25) is 11.2 Å². The second-order valence-electron chi connectivity index (χ2n) is 9.92. The van der Waals surface area contributed by atoms with Crippen LogP contribution in [0.2, 0.25) is 0 Å². The highest BCUT2D eigenvalue weighted by molar-refractivity contribution is 5.93. The zero-order valence-electron chi connectivity index (χ0n) is 21.9. The molecule has 0 unspecified atom stereocenters. The van der Waals surface area contributed by atoms with E-state index in [-0.39, 0.29) is 24.4 Å². The van der Waals surface area contributed by atoms with Crippen molar-refractivity contribution < 1.29 is 28.7 Å². The molecule has 206 valence electrons. The summed E-state index contributed by atoms with van der Waals surface area (Å²) in [7, 11) is 0. The third-order valence-electron chi connectivity index (χ3n) is 7.16. The van der Waals surface area contributed by atoms with Gasteiger partial charge < -0.3 is 20.1 Å². The molecular weight excluding hydrogens is 500 g/mol. The molecule has 0 saturated carbocycles. The van der Waals surface area contributed by atoms with E-state index in [1.54, 1.807) is 11.0 Å². The molecule has 11 nitrogen and oxygen atoms in total. The molecule has 1 aromatic heterocycles. The summed E-state index contributed by atoms with van der Waals surface area (Å²) in [5, 5.41) is 22.0. The third kappa shape index (κ3) is 7.12. The predicted molar refractivity (Wildman–Crippen MR) is 144 cm³/mol. The second-order valence-corrected chi connectivity index (χ2v) is 9.92. The van der Waals surface area contributed by atoms with Crippen LogP contribution in [0.4, 0.5) is 11.6 Å². The number of nitrogens with zero attached hydrogens (tertiary/aromatic N) is 4. The van der Waals surface area contributed by atoms with Gasteiger partial charge in [-0.25, -0.2) is 0 Å². The van der Waals surface area contributed by atoms with Crippen LogP contribution in [-0.2, 0) is 27.2 Å². The van der Waals surface area contributed by atoms with E-state index >= 15 is 0 Å². The van der Waals surface area contributed by atoms with Gasteiger partial charge in [0.05, 0.1) is 37.1 Å². The van der Waals surface area contributed by atoms with Crippen LogP contribution in [0, 0.1) is 0 Å². The second kappa shape index (κ2) is 12.7. The maximum absolute atomic E-state index is 13.5. The molecule has 2 aliphatic heterocycles. The molecule has 3 N–H and O–H groups in total. The highest BCUT2D eigenvalue weighted by atomic mass is 16.5. The number of para-hydroxylation sites is 1. The number of carbonyl (C=O) groups excluding carboxylic acids is 1. The van der Waals surface area contributed by atoms with Crippen LogP contribution in [0.3, 0.4) is 0 Å². The monoisotopic (exact) mass is 535 g/mol. The van der Waals surface area contributed by atoms with Crippen molar-refractivity contribution in [3.63, 3.8) is 0 Å². The maximum Gasteiger partial charge on any atom is 0.323 e. The fourth-order valence-electron chi connectivity index (χ4n) is 5.19.